The maximum Gasteiger partial charge on any atom is 0.270 e. The van der Waals surface area contributed by atoms with Crippen LogP contribution in [0.4, 0.5) is 5.69 Å². The highest BCUT2D eigenvalue weighted by atomic mass is 16.6. The quantitative estimate of drug-likeness (QED) is 0.180. The van der Waals surface area contributed by atoms with Gasteiger partial charge >= 0.3 is 0 Å². The van der Waals surface area contributed by atoms with Gasteiger partial charge in [-0.3, -0.25) is 10.1 Å². The van der Waals surface area contributed by atoms with Crippen molar-refractivity contribution in [1.29, 1.82) is 0 Å². The van der Waals surface area contributed by atoms with Crippen molar-refractivity contribution in [1.82, 2.24) is 4.57 Å². The highest BCUT2D eigenvalue weighted by Gasteiger charge is 2.45. The van der Waals surface area contributed by atoms with Crippen molar-refractivity contribution < 1.29 is 4.92 Å². The second-order valence-electron chi connectivity index (χ2n) is 8.57. The SMILES string of the molecule is Cn1cc(C2(C#Cc3ccccc3)c3ccccc3-c3ccccc32)c2cc([N+](=O)[O-])ccc21. The summed E-state index contributed by atoms with van der Waals surface area (Å²) in [4.78, 5) is 11.3. The molecule has 0 amide bonds. The van der Waals surface area contributed by atoms with Crippen LogP contribution >= 0.6 is 0 Å². The second-order valence-corrected chi connectivity index (χ2v) is 8.57. The third kappa shape index (κ3) is 2.81. The molecular weight excluding hydrogens is 420 g/mol. The molecule has 0 fully saturated rings. The minimum Gasteiger partial charge on any atom is -0.350 e. The fraction of sp³-hybridized carbons (Fsp3) is 0.0667. The smallest absolute Gasteiger partial charge is 0.270 e. The molecule has 1 aliphatic rings. The molecule has 1 heterocycles. The van der Waals surface area contributed by atoms with Crippen LogP contribution in [-0.4, -0.2) is 9.49 Å². The molecule has 0 unspecified atom stereocenters. The van der Waals surface area contributed by atoms with E-state index in [1.165, 1.54) is 0 Å². The van der Waals surface area contributed by atoms with E-state index in [0.717, 1.165) is 44.3 Å². The predicted octanol–water partition coefficient (Wildman–Crippen LogP) is 6.45. The van der Waals surface area contributed by atoms with Crippen molar-refractivity contribution in [2.45, 2.75) is 5.41 Å². The van der Waals surface area contributed by atoms with E-state index in [2.05, 4.69) is 42.3 Å². The Morgan fingerprint density at radius 1 is 0.794 bits per heavy atom. The first kappa shape index (κ1) is 20.0. The van der Waals surface area contributed by atoms with Gasteiger partial charge in [-0.05, 0) is 40.5 Å². The van der Waals surface area contributed by atoms with E-state index < -0.39 is 5.41 Å². The predicted molar refractivity (Wildman–Crippen MR) is 135 cm³/mol. The number of nitro groups is 1. The van der Waals surface area contributed by atoms with E-state index >= 15 is 0 Å². The lowest BCUT2D eigenvalue weighted by molar-refractivity contribution is -0.384. The average Bonchev–Trinajstić information content (AvgIpc) is 3.36. The number of non-ortho nitro benzene ring substituents is 1. The molecule has 0 spiro atoms. The van der Waals surface area contributed by atoms with Crippen LogP contribution in [0, 0.1) is 22.0 Å². The summed E-state index contributed by atoms with van der Waals surface area (Å²) in [5, 5.41) is 12.5. The molecule has 4 nitrogen and oxygen atoms in total. The monoisotopic (exact) mass is 440 g/mol. The average molecular weight is 441 g/mol. The summed E-state index contributed by atoms with van der Waals surface area (Å²) < 4.78 is 2.03. The van der Waals surface area contributed by atoms with Gasteiger partial charge in [0.2, 0.25) is 0 Å². The Bertz CT molecular complexity index is 1610. The Kier molecular flexibility index (Phi) is 4.40. The maximum absolute atomic E-state index is 11.6. The topological polar surface area (TPSA) is 48.1 Å². The summed E-state index contributed by atoms with van der Waals surface area (Å²) in [5.41, 5.74) is 6.60. The third-order valence-corrected chi connectivity index (χ3v) is 6.71. The number of aryl methyl sites for hydroxylation is 1. The first-order chi connectivity index (χ1) is 16.6. The van der Waals surface area contributed by atoms with Crippen molar-refractivity contribution in [3.05, 3.63) is 136 Å². The van der Waals surface area contributed by atoms with Crippen molar-refractivity contribution >= 4 is 16.6 Å². The van der Waals surface area contributed by atoms with Gasteiger partial charge < -0.3 is 4.57 Å². The number of fused-ring (bicyclic) bond motifs is 4. The van der Waals surface area contributed by atoms with E-state index in [1.54, 1.807) is 12.1 Å². The number of hydrogen-bond donors (Lipinski definition) is 0. The first-order valence-electron chi connectivity index (χ1n) is 11.1. The van der Waals surface area contributed by atoms with Gasteiger partial charge in [0.25, 0.3) is 5.69 Å². The Labute approximate surface area is 197 Å². The van der Waals surface area contributed by atoms with Crippen molar-refractivity contribution in [2.24, 2.45) is 7.05 Å². The summed E-state index contributed by atoms with van der Waals surface area (Å²) in [6, 6.07) is 31.7. The molecule has 0 aliphatic heterocycles. The largest absolute Gasteiger partial charge is 0.350 e. The highest BCUT2D eigenvalue weighted by molar-refractivity contribution is 5.94. The standard InChI is InChI=1S/C30H20N2O2/c1-31-20-28(25-19-22(32(33)34)15-16-29(25)31)30(18-17-21-9-3-2-4-10-21)26-13-7-5-11-23(26)24-12-6-8-14-27(24)30/h2-16,19-20H,1H3. The summed E-state index contributed by atoms with van der Waals surface area (Å²) >= 11 is 0. The normalized spacial score (nSPS) is 13.1. The molecule has 0 saturated carbocycles. The van der Waals surface area contributed by atoms with E-state index in [9.17, 15) is 10.1 Å². The number of hydrogen-bond acceptors (Lipinski definition) is 2. The fourth-order valence-electron chi connectivity index (χ4n) is 5.21. The van der Waals surface area contributed by atoms with Crippen LogP contribution in [0.25, 0.3) is 22.0 Å². The number of rotatable bonds is 2. The molecule has 6 rings (SSSR count). The molecule has 1 aromatic heterocycles. The molecule has 0 atom stereocenters. The summed E-state index contributed by atoms with van der Waals surface area (Å²) in [6.45, 7) is 0. The van der Waals surface area contributed by atoms with E-state index in [0.29, 0.717) is 0 Å². The summed E-state index contributed by atoms with van der Waals surface area (Å²) in [7, 11) is 1.97. The zero-order chi connectivity index (χ0) is 23.3. The molecule has 0 N–H and O–H groups in total. The lowest BCUT2D eigenvalue weighted by Gasteiger charge is -2.26. The number of aromatic nitrogens is 1. The van der Waals surface area contributed by atoms with Crippen molar-refractivity contribution in [3.63, 3.8) is 0 Å². The van der Waals surface area contributed by atoms with Crippen molar-refractivity contribution in [3.8, 4) is 23.0 Å². The van der Waals surface area contributed by atoms with Crippen LogP contribution in [0.15, 0.2) is 103 Å². The van der Waals surface area contributed by atoms with Gasteiger partial charge in [0, 0.05) is 47.4 Å². The Hall–Kier alpha value is -4.62. The van der Waals surface area contributed by atoms with E-state index in [4.69, 9.17) is 0 Å². The molecule has 4 heteroatoms. The molecule has 34 heavy (non-hydrogen) atoms. The van der Waals surface area contributed by atoms with E-state index in [-0.39, 0.29) is 10.6 Å². The van der Waals surface area contributed by atoms with Crippen LogP contribution in [0.2, 0.25) is 0 Å². The van der Waals surface area contributed by atoms with Gasteiger partial charge in [0.05, 0.1) is 4.92 Å². The highest BCUT2D eigenvalue weighted by Crippen LogP contribution is 2.54. The Morgan fingerprint density at radius 2 is 1.41 bits per heavy atom. The fourth-order valence-corrected chi connectivity index (χ4v) is 5.21. The zero-order valence-corrected chi connectivity index (χ0v) is 18.5. The Morgan fingerprint density at radius 3 is 2.06 bits per heavy atom. The van der Waals surface area contributed by atoms with Crippen LogP contribution < -0.4 is 0 Å². The molecule has 0 saturated heterocycles. The third-order valence-electron chi connectivity index (χ3n) is 6.71. The minimum absolute atomic E-state index is 0.0747. The lowest BCUT2D eigenvalue weighted by Crippen LogP contribution is -2.25. The molecule has 0 radical (unpaired) electrons. The van der Waals surface area contributed by atoms with Crippen LogP contribution in [0.3, 0.4) is 0 Å². The summed E-state index contributed by atoms with van der Waals surface area (Å²) in [6.07, 6.45) is 2.08. The lowest BCUT2D eigenvalue weighted by atomic mass is 9.72. The van der Waals surface area contributed by atoms with Crippen LogP contribution in [0.1, 0.15) is 22.3 Å². The van der Waals surface area contributed by atoms with Gasteiger partial charge in [0.15, 0.2) is 0 Å². The van der Waals surface area contributed by atoms with Gasteiger partial charge in [-0.25, -0.2) is 0 Å². The van der Waals surface area contributed by atoms with Crippen molar-refractivity contribution in [2.75, 3.05) is 0 Å². The maximum atomic E-state index is 11.6. The minimum atomic E-state index is -0.766. The molecule has 0 bridgehead atoms. The molecule has 162 valence electrons. The van der Waals surface area contributed by atoms with Gasteiger partial charge in [-0.15, -0.1) is 0 Å². The van der Waals surface area contributed by atoms with Gasteiger partial charge in [0.1, 0.15) is 5.41 Å². The summed E-state index contributed by atoms with van der Waals surface area (Å²) in [5.74, 6) is 7.09. The second kappa shape index (κ2) is 7.47. The molecule has 4 aromatic carbocycles. The van der Waals surface area contributed by atoms with Crippen LogP contribution in [0.5, 0.6) is 0 Å². The molecular formula is C30H20N2O2. The number of nitrogens with zero attached hydrogens (tertiary/aromatic N) is 2. The van der Waals surface area contributed by atoms with Crippen LogP contribution in [-0.2, 0) is 12.5 Å². The molecule has 5 aromatic rings. The van der Waals surface area contributed by atoms with Gasteiger partial charge in [-0.1, -0.05) is 78.6 Å². The zero-order valence-electron chi connectivity index (χ0n) is 18.5. The van der Waals surface area contributed by atoms with Gasteiger partial charge in [-0.2, -0.15) is 0 Å². The van der Waals surface area contributed by atoms with E-state index in [1.807, 2.05) is 72.3 Å². The Balaban J connectivity index is 1.76. The number of benzene rings is 4. The first-order valence-corrected chi connectivity index (χ1v) is 11.1. The number of nitro benzene ring substituents is 1. The molecule has 1 aliphatic carbocycles.